The molecule has 2 aromatic carbocycles. The highest BCUT2D eigenvalue weighted by molar-refractivity contribution is 8.16. The van der Waals surface area contributed by atoms with E-state index in [4.69, 9.17) is 4.74 Å². The summed E-state index contributed by atoms with van der Waals surface area (Å²) in [5, 5.41) is 5.34. The summed E-state index contributed by atoms with van der Waals surface area (Å²) in [7, 11) is 0. The number of esters is 1. The van der Waals surface area contributed by atoms with Crippen LogP contribution in [0.3, 0.4) is 0 Å². The molecule has 0 aromatic heterocycles. The van der Waals surface area contributed by atoms with Crippen LogP contribution in [0.4, 0.5) is 4.39 Å². The van der Waals surface area contributed by atoms with Crippen LogP contribution in [0.5, 0.6) is 0 Å². The molecule has 2 aliphatic heterocycles. The Morgan fingerprint density at radius 1 is 1.15 bits per heavy atom. The molecule has 0 bridgehead atoms. The number of hydrogen-bond acceptors (Lipinski definition) is 6. The Bertz CT molecular complexity index is 1160. The average Bonchev–Trinajstić information content (AvgIpc) is 3.20. The molecule has 0 saturated heterocycles. The summed E-state index contributed by atoms with van der Waals surface area (Å²) >= 11 is 1.35. The Morgan fingerprint density at radius 3 is 2.61 bits per heavy atom. The number of thioether (sulfide) groups is 1. The predicted octanol–water partition coefficient (Wildman–Crippen LogP) is 4.67. The molecule has 1 N–H and O–H groups in total. The van der Waals surface area contributed by atoms with Crippen LogP contribution < -0.4 is 5.32 Å². The molecule has 8 heteroatoms. The van der Waals surface area contributed by atoms with E-state index < -0.39 is 17.8 Å². The maximum absolute atomic E-state index is 14.9. The first-order chi connectivity index (χ1) is 16.0. The van der Waals surface area contributed by atoms with Gasteiger partial charge in [0.2, 0.25) is 5.91 Å². The normalized spacial score (nSPS) is 17.3. The zero-order valence-corrected chi connectivity index (χ0v) is 19.2. The summed E-state index contributed by atoms with van der Waals surface area (Å²) in [5.41, 5.74) is 2.71. The Kier molecular flexibility index (Phi) is 6.93. The number of amides is 1. The molecule has 0 aliphatic carbocycles. The highest BCUT2D eigenvalue weighted by atomic mass is 32.2. The molecule has 0 saturated carbocycles. The van der Waals surface area contributed by atoms with Gasteiger partial charge < -0.3 is 15.0 Å². The van der Waals surface area contributed by atoms with Gasteiger partial charge in [0, 0.05) is 17.8 Å². The summed E-state index contributed by atoms with van der Waals surface area (Å²) in [6.45, 7) is 4.04. The third kappa shape index (κ3) is 4.85. The lowest BCUT2D eigenvalue weighted by Gasteiger charge is -2.36. The minimum atomic E-state index is -0.777. The van der Waals surface area contributed by atoms with Crippen molar-refractivity contribution in [2.45, 2.75) is 32.9 Å². The van der Waals surface area contributed by atoms with Crippen LogP contribution in [0.1, 0.15) is 37.4 Å². The second-order valence-corrected chi connectivity index (χ2v) is 8.41. The van der Waals surface area contributed by atoms with Crippen LogP contribution in [0.25, 0.3) is 0 Å². The lowest BCUT2D eigenvalue weighted by atomic mass is 9.93. The number of carbonyl (C=O) groups is 2. The Hall–Kier alpha value is -3.39. The van der Waals surface area contributed by atoms with Gasteiger partial charge in [-0.1, -0.05) is 60.3 Å². The SMILES string of the molecule is CCOC(=O)C1=C(C)N=C2SC=C(CC(=O)NCc3ccccc3)N2C1c1ccccc1F. The number of aliphatic imine (C=N–C) groups is 1. The van der Waals surface area contributed by atoms with Crippen LogP contribution >= 0.6 is 11.8 Å². The quantitative estimate of drug-likeness (QED) is 0.602. The molecule has 1 atom stereocenters. The first-order valence-electron chi connectivity index (χ1n) is 10.7. The van der Waals surface area contributed by atoms with Gasteiger partial charge in [-0.05, 0) is 30.9 Å². The van der Waals surface area contributed by atoms with Gasteiger partial charge in [0.15, 0.2) is 5.17 Å². The van der Waals surface area contributed by atoms with E-state index in [1.807, 2.05) is 35.7 Å². The van der Waals surface area contributed by atoms with Gasteiger partial charge in [-0.15, -0.1) is 0 Å². The van der Waals surface area contributed by atoms with Gasteiger partial charge in [0.25, 0.3) is 0 Å². The fourth-order valence-corrected chi connectivity index (χ4v) is 4.82. The van der Waals surface area contributed by atoms with Crippen molar-refractivity contribution in [3.8, 4) is 0 Å². The number of fused-ring (bicyclic) bond motifs is 1. The summed E-state index contributed by atoms with van der Waals surface area (Å²) in [6, 6.07) is 15.2. The number of hydrogen-bond donors (Lipinski definition) is 1. The van der Waals surface area contributed by atoms with Gasteiger partial charge in [-0.3, -0.25) is 4.79 Å². The monoisotopic (exact) mass is 465 g/mol. The average molecular weight is 466 g/mol. The molecule has 1 unspecified atom stereocenters. The maximum Gasteiger partial charge on any atom is 0.338 e. The zero-order valence-electron chi connectivity index (χ0n) is 18.4. The highest BCUT2D eigenvalue weighted by Crippen LogP contribution is 2.45. The zero-order chi connectivity index (χ0) is 23.4. The van der Waals surface area contributed by atoms with Crippen molar-refractivity contribution in [2.75, 3.05) is 6.61 Å². The summed E-state index contributed by atoms with van der Waals surface area (Å²) in [5.74, 6) is -1.16. The molecule has 1 amide bonds. The third-order valence-electron chi connectivity index (χ3n) is 5.37. The standard InChI is InChI=1S/C25H24FN3O3S/c1-3-32-24(31)22-16(2)28-25-29(23(22)19-11-7-8-12-20(19)26)18(15-33-25)13-21(30)27-14-17-9-5-4-6-10-17/h4-12,15,23H,3,13-14H2,1-2H3,(H,27,30). The van der Waals surface area contributed by atoms with E-state index in [1.54, 1.807) is 36.9 Å². The van der Waals surface area contributed by atoms with Crippen molar-refractivity contribution in [3.63, 3.8) is 0 Å². The highest BCUT2D eigenvalue weighted by Gasteiger charge is 2.42. The third-order valence-corrected chi connectivity index (χ3v) is 6.26. The second-order valence-electron chi connectivity index (χ2n) is 7.57. The van der Waals surface area contributed by atoms with E-state index >= 15 is 0 Å². The van der Waals surface area contributed by atoms with Crippen molar-refractivity contribution < 1.29 is 18.7 Å². The minimum Gasteiger partial charge on any atom is -0.463 e. The molecule has 6 nitrogen and oxygen atoms in total. The largest absolute Gasteiger partial charge is 0.463 e. The fraction of sp³-hybridized carbons (Fsp3) is 0.240. The van der Waals surface area contributed by atoms with Crippen LogP contribution in [-0.2, 0) is 20.9 Å². The van der Waals surface area contributed by atoms with Crippen molar-refractivity contribution >= 4 is 28.8 Å². The van der Waals surface area contributed by atoms with E-state index in [2.05, 4.69) is 10.3 Å². The van der Waals surface area contributed by atoms with E-state index in [9.17, 15) is 14.0 Å². The molecular formula is C25H24FN3O3S. The van der Waals surface area contributed by atoms with Crippen molar-refractivity contribution in [2.24, 2.45) is 4.99 Å². The summed E-state index contributed by atoms with van der Waals surface area (Å²) < 4.78 is 20.2. The van der Waals surface area contributed by atoms with E-state index in [1.165, 1.54) is 17.8 Å². The van der Waals surface area contributed by atoms with Gasteiger partial charge in [-0.25, -0.2) is 14.2 Å². The maximum atomic E-state index is 14.9. The van der Waals surface area contributed by atoms with Crippen LogP contribution in [0.2, 0.25) is 0 Å². The number of amidine groups is 1. The van der Waals surface area contributed by atoms with Crippen LogP contribution in [0, 0.1) is 5.82 Å². The fourth-order valence-electron chi connectivity index (χ4n) is 3.85. The molecular weight excluding hydrogens is 441 g/mol. The number of nitrogens with one attached hydrogen (secondary N) is 1. The topological polar surface area (TPSA) is 71.0 Å². The van der Waals surface area contributed by atoms with Gasteiger partial charge in [-0.2, -0.15) is 0 Å². The summed E-state index contributed by atoms with van der Waals surface area (Å²) in [6.07, 6.45) is 0.0684. The number of rotatable bonds is 7. The lowest BCUT2D eigenvalue weighted by molar-refractivity contribution is -0.139. The van der Waals surface area contributed by atoms with Crippen molar-refractivity contribution in [1.82, 2.24) is 10.2 Å². The predicted molar refractivity (Wildman–Crippen MR) is 126 cm³/mol. The number of halogens is 1. The number of benzene rings is 2. The molecule has 0 fully saturated rings. The second kappa shape index (κ2) is 10.0. The molecule has 2 aromatic rings. The molecule has 4 rings (SSSR count). The van der Waals surface area contributed by atoms with E-state index in [0.29, 0.717) is 28.7 Å². The molecule has 33 heavy (non-hydrogen) atoms. The molecule has 170 valence electrons. The smallest absolute Gasteiger partial charge is 0.338 e. The summed E-state index contributed by atoms with van der Waals surface area (Å²) in [4.78, 5) is 31.9. The van der Waals surface area contributed by atoms with E-state index in [0.717, 1.165) is 5.56 Å². The van der Waals surface area contributed by atoms with Gasteiger partial charge >= 0.3 is 5.97 Å². The first kappa shape index (κ1) is 22.8. The number of nitrogens with zero attached hydrogens (tertiary/aromatic N) is 2. The molecule has 0 radical (unpaired) electrons. The van der Waals surface area contributed by atoms with Gasteiger partial charge in [0.1, 0.15) is 5.82 Å². The number of allylic oxidation sites excluding steroid dienone is 1. The van der Waals surface area contributed by atoms with Crippen molar-refractivity contribution in [3.05, 3.63) is 93.9 Å². The van der Waals surface area contributed by atoms with Gasteiger partial charge in [0.05, 0.1) is 30.3 Å². The number of ether oxygens (including phenoxy) is 1. The van der Waals surface area contributed by atoms with Crippen molar-refractivity contribution in [1.29, 1.82) is 0 Å². The Labute approximate surface area is 196 Å². The molecule has 2 aliphatic rings. The number of carbonyl (C=O) groups excluding carboxylic acids is 2. The first-order valence-corrected chi connectivity index (χ1v) is 11.5. The van der Waals surface area contributed by atoms with E-state index in [-0.39, 0.29) is 24.5 Å². The van der Waals surface area contributed by atoms with Crippen LogP contribution in [0.15, 0.2) is 82.0 Å². The Balaban J connectivity index is 1.62. The lowest BCUT2D eigenvalue weighted by Crippen LogP contribution is -2.38. The minimum absolute atomic E-state index is 0.0684. The molecule has 2 heterocycles. The molecule has 0 spiro atoms. The Morgan fingerprint density at radius 2 is 1.88 bits per heavy atom. The van der Waals surface area contributed by atoms with Crippen LogP contribution in [-0.4, -0.2) is 28.6 Å².